The van der Waals surface area contributed by atoms with Gasteiger partial charge in [0.1, 0.15) is 11.5 Å². The lowest BCUT2D eigenvalue weighted by molar-refractivity contribution is 0.0953. The standard InChI is InChI=1S/C19H21N3O2/c1-3-4-12-20-19(23)16-13-22(15-8-6-5-7-9-15)21-18(16)17-11-10-14(2)24-17/h5-11,13H,3-4,12H2,1-2H3,(H,20,23). The zero-order valence-corrected chi connectivity index (χ0v) is 14.0. The molecule has 0 radical (unpaired) electrons. The molecule has 24 heavy (non-hydrogen) atoms. The number of hydrogen-bond acceptors (Lipinski definition) is 3. The summed E-state index contributed by atoms with van der Waals surface area (Å²) in [5.41, 5.74) is 1.97. The second-order valence-electron chi connectivity index (χ2n) is 5.69. The van der Waals surface area contributed by atoms with Crippen molar-refractivity contribution >= 4 is 5.91 Å². The minimum atomic E-state index is -0.130. The number of carbonyl (C=O) groups excluding carboxylic acids is 1. The number of rotatable bonds is 6. The molecule has 0 aliphatic carbocycles. The van der Waals surface area contributed by atoms with E-state index in [0.29, 0.717) is 23.6 Å². The number of furan rings is 1. The van der Waals surface area contributed by atoms with Crippen LogP contribution in [0.3, 0.4) is 0 Å². The molecular formula is C19H21N3O2. The number of aromatic nitrogens is 2. The third kappa shape index (κ3) is 3.40. The van der Waals surface area contributed by atoms with Crippen LogP contribution >= 0.6 is 0 Å². The van der Waals surface area contributed by atoms with Gasteiger partial charge in [0.05, 0.1) is 11.3 Å². The molecule has 124 valence electrons. The molecule has 0 saturated carbocycles. The fourth-order valence-corrected chi connectivity index (χ4v) is 2.47. The smallest absolute Gasteiger partial charge is 0.255 e. The molecule has 5 heteroatoms. The van der Waals surface area contributed by atoms with E-state index in [-0.39, 0.29) is 5.91 Å². The van der Waals surface area contributed by atoms with Crippen LogP contribution in [0.25, 0.3) is 17.1 Å². The summed E-state index contributed by atoms with van der Waals surface area (Å²) >= 11 is 0. The first kappa shape index (κ1) is 16.1. The summed E-state index contributed by atoms with van der Waals surface area (Å²) in [4.78, 5) is 12.6. The maximum atomic E-state index is 12.6. The largest absolute Gasteiger partial charge is 0.460 e. The van der Waals surface area contributed by atoms with Crippen LogP contribution in [0, 0.1) is 6.92 Å². The SMILES string of the molecule is CCCCNC(=O)c1cn(-c2ccccc2)nc1-c1ccc(C)o1. The number of hydrogen-bond donors (Lipinski definition) is 1. The third-order valence-electron chi connectivity index (χ3n) is 3.77. The molecule has 0 bridgehead atoms. The molecule has 2 aromatic heterocycles. The van der Waals surface area contributed by atoms with Gasteiger partial charge in [-0.2, -0.15) is 5.10 Å². The van der Waals surface area contributed by atoms with Crippen LogP contribution in [0.15, 0.2) is 53.1 Å². The monoisotopic (exact) mass is 323 g/mol. The Kier molecular flexibility index (Phi) is 4.79. The summed E-state index contributed by atoms with van der Waals surface area (Å²) in [6.07, 6.45) is 3.74. The summed E-state index contributed by atoms with van der Waals surface area (Å²) in [5, 5.41) is 7.52. The first-order chi connectivity index (χ1) is 11.7. The summed E-state index contributed by atoms with van der Waals surface area (Å²) in [7, 11) is 0. The van der Waals surface area contributed by atoms with Crippen molar-refractivity contribution in [2.75, 3.05) is 6.54 Å². The molecule has 3 aromatic rings. The van der Waals surface area contributed by atoms with E-state index < -0.39 is 0 Å². The predicted molar refractivity (Wildman–Crippen MR) is 93.2 cm³/mol. The van der Waals surface area contributed by atoms with Crippen molar-refractivity contribution in [2.24, 2.45) is 0 Å². The number of aryl methyl sites for hydroxylation is 1. The molecule has 3 rings (SSSR count). The van der Waals surface area contributed by atoms with E-state index >= 15 is 0 Å². The van der Waals surface area contributed by atoms with E-state index in [1.165, 1.54) is 0 Å². The van der Waals surface area contributed by atoms with Crippen molar-refractivity contribution in [1.29, 1.82) is 0 Å². The van der Waals surface area contributed by atoms with Gasteiger partial charge >= 0.3 is 0 Å². The van der Waals surface area contributed by atoms with Gasteiger partial charge in [-0.15, -0.1) is 0 Å². The number of para-hydroxylation sites is 1. The van der Waals surface area contributed by atoms with Gasteiger partial charge in [-0.3, -0.25) is 4.79 Å². The summed E-state index contributed by atoms with van der Waals surface area (Å²) in [6.45, 7) is 4.62. The second-order valence-corrected chi connectivity index (χ2v) is 5.69. The first-order valence-electron chi connectivity index (χ1n) is 8.19. The van der Waals surface area contributed by atoms with Gasteiger partial charge in [0.15, 0.2) is 5.76 Å². The number of carbonyl (C=O) groups is 1. The van der Waals surface area contributed by atoms with Crippen LogP contribution in [0.4, 0.5) is 0 Å². The fraction of sp³-hybridized carbons (Fsp3) is 0.263. The lowest BCUT2D eigenvalue weighted by Gasteiger charge is -2.03. The molecule has 0 unspecified atom stereocenters. The van der Waals surface area contributed by atoms with Crippen LogP contribution in [-0.2, 0) is 0 Å². The third-order valence-corrected chi connectivity index (χ3v) is 3.77. The minimum Gasteiger partial charge on any atom is -0.460 e. The topological polar surface area (TPSA) is 60.1 Å². The van der Waals surface area contributed by atoms with E-state index in [1.54, 1.807) is 10.9 Å². The molecule has 0 spiro atoms. The Morgan fingerprint density at radius 2 is 2.00 bits per heavy atom. The highest BCUT2D eigenvalue weighted by Crippen LogP contribution is 2.25. The quantitative estimate of drug-likeness (QED) is 0.698. The van der Waals surface area contributed by atoms with Crippen molar-refractivity contribution in [2.45, 2.75) is 26.7 Å². The molecule has 0 saturated heterocycles. The van der Waals surface area contributed by atoms with Crippen LogP contribution in [0.2, 0.25) is 0 Å². The average Bonchev–Trinajstić information content (AvgIpc) is 3.22. The Labute approximate surface area is 141 Å². The molecule has 5 nitrogen and oxygen atoms in total. The molecule has 0 aliphatic heterocycles. The van der Waals surface area contributed by atoms with Gasteiger partial charge in [-0.25, -0.2) is 4.68 Å². The average molecular weight is 323 g/mol. The number of benzene rings is 1. The second kappa shape index (κ2) is 7.17. The Bertz CT molecular complexity index is 818. The van der Waals surface area contributed by atoms with Crippen molar-refractivity contribution in [1.82, 2.24) is 15.1 Å². The van der Waals surface area contributed by atoms with E-state index in [9.17, 15) is 4.79 Å². The maximum Gasteiger partial charge on any atom is 0.255 e. The zero-order chi connectivity index (χ0) is 16.9. The molecule has 0 fully saturated rings. The Hall–Kier alpha value is -2.82. The highest BCUT2D eigenvalue weighted by Gasteiger charge is 2.20. The van der Waals surface area contributed by atoms with Gasteiger partial charge in [-0.1, -0.05) is 31.5 Å². The van der Waals surface area contributed by atoms with Gasteiger partial charge in [0.2, 0.25) is 0 Å². The van der Waals surface area contributed by atoms with E-state index in [0.717, 1.165) is 24.3 Å². The van der Waals surface area contributed by atoms with E-state index in [4.69, 9.17) is 4.42 Å². The van der Waals surface area contributed by atoms with Crippen LogP contribution < -0.4 is 5.32 Å². The molecule has 1 aromatic carbocycles. The lowest BCUT2D eigenvalue weighted by atomic mass is 10.2. The van der Waals surface area contributed by atoms with E-state index in [2.05, 4.69) is 17.3 Å². The highest BCUT2D eigenvalue weighted by atomic mass is 16.3. The fourth-order valence-electron chi connectivity index (χ4n) is 2.47. The molecule has 2 heterocycles. The van der Waals surface area contributed by atoms with Gasteiger partial charge in [-0.05, 0) is 37.6 Å². The normalized spacial score (nSPS) is 10.8. The maximum absolute atomic E-state index is 12.6. The van der Waals surface area contributed by atoms with Crippen molar-refractivity contribution < 1.29 is 9.21 Å². The Morgan fingerprint density at radius 3 is 2.67 bits per heavy atom. The zero-order valence-electron chi connectivity index (χ0n) is 14.0. The molecule has 0 aliphatic rings. The van der Waals surface area contributed by atoms with Crippen LogP contribution in [0.1, 0.15) is 35.9 Å². The molecule has 1 N–H and O–H groups in total. The summed E-state index contributed by atoms with van der Waals surface area (Å²) < 4.78 is 7.39. The van der Waals surface area contributed by atoms with Crippen molar-refractivity contribution in [3.05, 3.63) is 60.0 Å². The first-order valence-corrected chi connectivity index (χ1v) is 8.19. The molecular weight excluding hydrogens is 302 g/mol. The number of unbranched alkanes of at least 4 members (excludes halogenated alkanes) is 1. The summed E-state index contributed by atoms with van der Waals surface area (Å²) in [5.74, 6) is 1.26. The van der Waals surface area contributed by atoms with Gasteiger partial charge in [0, 0.05) is 12.7 Å². The molecule has 1 amide bonds. The number of nitrogens with one attached hydrogen (secondary N) is 1. The number of amides is 1. The van der Waals surface area contributed by atoms with Gasteiger partial charge < -0.3 is 9.73 Å². The van der Waals surface area contributed by atoms with Crippen LogP contribution in [0.5, 0.6) is 0 Å². The highest BCUT2D eigenvalue weighted by molar-refractivity contribution is 5.99. The lowest BCUT2D eigenvalue weighted by Crippen LogP contribution is -2.24. The molecule has 0 atom stereocenters. The van der Waals surface area contributed by atoms with Crippen LogP contribution in [-0.4, -0.2) is 22.2 Å². The predicted octanol–water partition coefficient (Wildman–Crippen LogP) is 3.97. The summed E-state index contributed by atoms with van der Waals surface area (Å²) in [6, 6.07) is 13.4. The van der Waals surface area contributed by atoms with Crippen molar-refractivity contribution in [3.63, 3.8) is 0 Å². The van der Waals surface area contributed by atoms with E-state index in [1.807, 2.05) is 49.4 Å². The Balaban J connectivity index is 1.98. The number of nitrogens with zero attached hydrogens (tertiary/aromatic N) is 2. The van der Waals surface area contributed by atoms with Crippen molar-refractivity contribution in [3.8, 4) is 17.1 Å². The minimum absolute atomic E-state index is 0.130. The van der Waals surface area contributed by atoms with Gasteiger partial charge in [0.25, 0.3) is 5.91 Å². The Morgan fingerprint density at radius 1 is 1.21 bits per heavy atom.